The molecule has 88 valence electrons. The number of hydrogen-bond donors (Lipinski definition) is 1. The molecule has 0 saturated carbocycles. The van der Waals surface area contributed by atoms with Gasteiger partial charge in [-0.1, -0.05) is 24.8 Å². The van der Waals surface area contributed by atoms with Crippen LogP contribution in [0.4, 0.5) is 4.79 Å². The molecule has 0 aliphatic heterocycles. The van der Waals surface area contributed by atoms with E-state index < -0.39 is 9.84 Å². The van der Waals surface area contributed by atoms with Gasteiger partial charge in [-0.3, -0.25) is 4.79 Å². The summed E-state index contributed by atoms with van der Waals surface area (Å²) in [6, 6.07) is 6.43. The molecule has 4 nitrogen and oxygen atoms in total. The predicted molar refractivity (Wildman–Crippen MR) is 65.4 cm³/mol. The summed E-state index contributed by atoms with van der Waals surface area (Å²) in [4.78, 5) is 12.6. The topological polar surface area (TPSA) is 54.5 Å². The molecule has 1 rings (SSSR count). The fraction of sp³-hybridized carbons (Fsp3) is 0.300. The molecule has 0 aliphatic carbocycles. The molecule has 1 amide bonds. The van der Waals surface area contributed by atoms with Gasteiger partial charge in [-0.15, -0.1) is 0 Å². The van der Waals surface area contributed by atoms with Crippen molar-refractivity contribution in [2.75, 3.05) is 13.3 Å². The Bertz CT molecular complexity index is 479. The number of hydrogen-bond acceptors (Lipinski definition) is 3. The average Bonchev–Trinajstić information content (AvgIpc) is 2.17. The van der Waals surface area contributed by atoms with Gasteiger partial charge in [-0.2, -0.15) is 0 Å². The second-order valence-electron chi connectivity index (χ2n) is 3.55. The quantitative estimate of drug-likeness (QED) is 0.838. The van der Waals surface area contributed by atoms with Crippen molar-refractivity contribution in [1.29, 1.82) is 0 Å². The molecule has 0 radical (unpaired) electrons. The third-order valence-electron chi connectivity index (χ3n) is 2.10. The predicted octanol–water partition coefficient (Wildman–Crippen LogP) is 1.57. The lowest BCUT2D eigenvalue weighted by atomic mass is 10.2. The first-order valence-electron chi connectivity index (χ1n) is 4.54. The second-order valence-corrected chi connectivity index (χ2v) is 5.95. The number of carbonyl (C=O) groups excluding carboxylic acids is 1. The maximum Gasteiger partial charge on any atom is 0.278 e. The molecule has 0 N–H and O–H groups in total. The Morgan fingerprint density at radius 3 is 2.19 bits per heavy atom. The third-order valence-corrected chi connectivity index (χ3v) is 3.57. The van der Waals surface area contributed by atoms with Gasteiger partial charge in [0.1, 0.15) is 0 Å². The number of benzene rings is 1. The lowest BCUT2D eigenvalue weighted by Crippen LogP contribution is -2.20. The molecule has 16 heavy (non-hydrogen) atoms. The van der Waals surface area contributed by atoms with E-state index >= 15 is 0 Å². The van der Waals surface area contributed by atoms with Crippen molar-refractivity contribution >= 4 is 27.7 Å². The molecule has 0 unspecified atom stereocenters. The summed E-state index contributed by atoms with van der Waals surface area (Å²) in [5.41, 5.74) is 0.859. The lowest BCUT2D eigenvalue weighted by Gasteiger charge is -2.13. The Morgan fingerprint density at radius 1 is 1.31 bits per heavy atom. The summed E-state index contributed by atoms with van der Waals surface area (Å²) in [5, 5.41) is -0.327. The van der Waals surface area contributed by atoms with Crippen molar-refractivity contribution in [1.82, 2.24) is 4.90 Å². The first kappa shape index (κ1) is 13.1. The van der Waals surface area contributed by atoms with Crippen LogP contribution >= 0.6 is 12.6 Å². The molecule has 0 atom stereocenters. The monoisotopic (exact) mass is 259 g/mol. The van der Waals surface area contributed by atoms with Crippen LogP contribution in [0.5, 0.6) is 0 Å². The van der Waals surface area contributed by atoms with Crippen molar-refractivity contribution in [2.45, 2.75) is 11.4 Å². The van der Waals surface area contributed by atoms with Crippen molar-refractivity contribution in [3.63, 3.8) is 0 Å². The van der Waals surface area contributed by atoms with Crippen LogP contribution in [-0.2, 0) is 16.4 Å². The van der Waals surface area contributed by atoms with E-state index in [1.807, 2.05) is 0 Å². The lowest BCUT2D eigenvalue weighted by molar-refractivity contribution is 0.232. The van der Waals surface area contributed by atoms with Gasteiger partial charge >= 0.3 is 0 Å². The van der Waals surface area contributed by atoms with Gasteiger partial charge in [0.25, 0.3) is 5.24 Å². The van der Waals surface area contributed by atoms with Gasteiger partial charge in [-0.25, -0.2) is 8.42 Å². The van der Waals surface area contributed by atoms with Gasteiger partial charge in [0.15, 0.2) is 9.84 Å². The highest BCUT2D eigenvalue weighted by Gasteiger charge is 2.08. The smallest absolute Gasteiger partial charge is 0.278 e. The Labute approximate surface area is 101 Å². The fourth-order valence-electron chi connectivity index (χ4n) is 1.18. The molecular formula is C10H13NO3S2. The van der Waals surface area contributed by atoms with E-state index in [4.69, 9.17) is 0 Å². The number of thiol groups is 1. The largest absolute Gasteiger partial charge is 0.333 e. The summed E-state index contributed by atoms with van der Waals surface area (Å²) in [7, 11) is -1.54. The van der Waals surface area contributed by atoms with Crippen LogP contribution in [0.15, 0.2) is 29.2 Å². The van der Waals surface area contributed by atoms with Gasteiger partial charge in [0, 0.05) is 19.8 Å². The van der Waals surface area contributed by atoms with Crippen molar-refractivity contribution in [3.8, 4) is 0 Å². The van der Waals surface area contributed by atoms with Crippen molar-refractivity contribution in [3.05, 3.63) is 29.8 Å². The standard InChI is InChI=1S/C10H13NO3S2/c1-11(10(12)15)7-8-3-5-9(6-4-8)16(2,13)14/h3-6H,7H2,1-2H3,(H,12,15). The molecule has 0 spiro atoms. The van der Waals surface area contributed by atoms with Gasteiger partial charge in [0.05, 0.1) is 4.90 Å². The maximum absolute atomic E-state index is 11.2. The van der Waals surface area contributed by atoms with Crippen molar-refractivity contribution in [2.24, 2.45) is 0 Å². The van der Waals surface area contributed by atoms with E-state index in [-0.39, 0.29) is 10.1 Å². The highest BCUT2D eigenvalue weighted by Crippen LogP contribution is 2.12. The molecule has 0 saturated heterocycles. The van der Waals surface area contributed by atoms with Crippen LogP contribution in [-0.4, -0.2) is 31.9 Å². The Hall–Kier alpha value is -1.01. The summed E-state index contributed by atoms with van der Waals surface area (Å²) in [5.74, 6) is 0. The first-order chi connectivity index (χ1) is 7.30. The van der Waals surface area contributed by atoms with E-state index in [2.05, 4.69) is 12.6 Å². The minimum atomic E-state index is -3.16. The molecular weight excluding hydrogens is 246 g/mol. The molecule has 0 fully saturated rings. The minimum Gasteiger partial charge on any atom is -0.333 e. The van der Waals surface area contributed by atoms with Crippen LogP contribution < -0.4 is 0 Å². The SMILES string of the molecule is CN(Cc1ccc(S(C)(=O)=O)cc1)C(=O)S. The maximum atomic E-state index is 11.2. The third kappa shape index (κ3) is 3.53. The first-order valence-corrected chi connectivity index (χ1v) is 6.87. The molecule has 0 aliphatic rings. The molecule has 0 bridgehead atoms. The number of carbonyl (C=O) groups is 1. The number of sulfone groups is 1. The van der Waals surface area contributed by atoms with Crippen LogP contribution in [0.3, 0.4) is 0 Å². The van der Waals surface area contributed by atoms with Crippen LogP contribution in [0.25, 0.3) is 0 Å². The molecule has 1 aromatic rings. The van der Waals surface area contributed by atoms with Gasteiger partial charge in [-0.05, 0) is 17.7 Å². The Kier molecular flexibility index (Phi) is 3.98. The van der Waals surface area contributed by atoms with Gasteiger partial charge < -0.3 is 4.90 Å². The van der Waals surface area contributed by atoms with E-state index in [9.17, 15) is 13.2 Å². The van der Waals surface area contributed by atoms with Crippen LogP contribution in [0.1, 0.15) is 5.56 Å². The zero-order chi connectivity index (χ0) is 12.3. The minimum absolute atomic E-state index is 0.274. The summed E-state index contributed by atoms with van der Waals surface area (Å²) in [6.07, 6.45) is 1.16. The van der Waals surface area contributed by atoms with Gasteiger partial charge in [0.2, 0.25) is 0 Å². The number of rotatable bonds is 3. The van der Waals surface area contributed by atoms with Crippen LogP contribution in [0.2, 0.25) is 0 Å². The number of nitrogens with zero attached hydrogens (tertiary/aromatic N) is 1. The van der Waals surface area contributed by atoms with E-state index in [0.29, 0.717) is 6.54 Å². The Morgan fingerprint density at radius 2 is 1.81 bits per heavy atom. The zero-order valence-corrected chi connectivity index (χ0v) is 10.8. The normalized spacial score (nSPS) is 11.2. The fourth-order valence-corrected chi connectivity index (χ4v) is 1.88. The van der Waals surface area contributed by atoms with E-state index in [0.717, 1.165) is 11.8 Å². The molecule has 0 heterocycles. The van der Waals surface area contributed by atoms with E-state index in [1.165, 1.54) is 17.0 Å². The molecule has 0 aromatic heterocycles. The van der Waals surface area contributed by atoms with Crippen molar-refractivity contribution < 1.29 is 13.2 Å². The average molecular weight is 259 g/mol. The zero-order valence-electron chi connectivity index (χ0n) is 9.04. The molecule has 1 aromatic carbocycles. The van der Waals surface area contributed by atoms with E-state index in [1.54, 1.807) is 19.2 Å². The highest BCUT2D eigenvalue weighted by atomic mass is 32.2. The highest BCUT2D eigenvalue weighted by molar-refractivity contribution is 7.96. The summed E-state index contributed by atoms with van der Waals surface area (Å²) >= 11 is 3.68. The Balaban J connectivity index is 2.84. The summed E-state index contributed by atoms with van der Waals surface area (Å²) in [6.45, 7) is 0.409. The van der Waals surface area contributed by atoms with Crippen LogP contribution in [0, 0.1) is 0 Å². The second kappa shape index (κ2) is 4.88. The number of amides is 1. The molecule has 6 heteroatoms. The summed E-state index contributed by atoms with van der Waals surface area (Å²) < 4.78 is 22.4.